The summed E-state index contributed by atoms with van der Waals surface area (Å²) in [5, 5.41) is 1.12. The zero-order chi connectivity index (χ0) is 12.3. The summed E-state index contributed by atoms with van der Waals surface area (Å²) in [4.78, 5) is 8.10. The molecule has 0 spiro atoms. The van der Waals surface area contributed by atoms with Crippen molar-refractivity contribution in [3.63, 3.8) is 0 Å². The normalized spacial score (nSPS) is 11.9. The maximum atomic E-state index is 4.68. The Bertz CT molecular complexity index is 905. The lowest BCUT2D eigenvalue weighted by Gasteiger charge is -1.96. The maximum absolute atomic E-state index is 4.68. The maximum Gasteiger partial charge on any atom is 0.143 e. The number of benzene rings is 1. The third-order valence-electron chi connectivity index (χ3n) is 3.08. The molecule has 5 heteroatoms. The SMILES string of the molecule is Brc1cc(Br)c2[nH]c3c(nc4ccccn43)c2c1. The van der Waals surface area contributed by atoms with E-state index < -0.39 is 0 Å². The number of aromatic amines is 1. The zero-order valence-corrected chi connectivity index (χ0v) is 12.3. The van der Waals surface area contributed by atoms with Crippen LogP contribution in [0.1, 0.15) is 0 Å². The average Bonchev–Trinajstić information content (AvgIpc) is 2.86. The fourth-order valence-electron chi connectivity index (χ4n) is 2.31. The van der Waals surface area contributed by atoms with Gasteiger partial charge in [0, 0.05) is 20.5 Å². The van der Waals surface area contributed by atoms with E-state index >= 15 is 0 Å². The van der Waals surface area contributed by atoms with Gasteiger partial charge in [0.25, 0.3) is 0 Å². The van der Waals surface area contributed by atoms with Gasteiger partial charge in [-0.3, -0.25) is 4.40 Å². The molecule has 0 amide bonds. The Balaban J connectivity index is 2.31. The highest BCUT2D eigenvalue weighted by Crippen LogP contribution is 2.33. The average molecular weight is 365 g/mol. The summed E-state index contributed by atoms with van der Waals surface area (Å²) in [5.74, 6) is 0. The minimum absolute atomic E-state index is 0.955. The smallest absolute Gasteiger partial charge is 0.143 e. The number of rotatable bonds is 0. The van der Waals surface area contributed by atoms with Crippen LogP contribution in [0.3, 0.4) is 0 Å². The molecule has 4 aromatic rings. The molecule has 4 rings (SSSR count). The van der Waals surface area contributed by atoms with Crippen LogP contribution in [0.2, 0.25) is 0 Å². The molecule has 0 aliphatic carbocycles. The molecule has 0 unspecified atom stereocenters. The molecule has 0 aliphatic heterocycles. The molecule has 3 heterocycles. The van der Waals surface area contributed by atoms with Crippen LogP contribution in [0, 0.1) is 0 Å². The predicted octanol–water partition coefficient (Wildman–Crippen LogP) is 4.49. The molecule has 0 fully saturated rings. The van der Waals surface area contributed by atoms with Crippen LogP contribution in [0.25, 0.3) is 27.7 Å². The first-order valence-electron chi connectivity index (χ1n) is 5.47. The summed E-state index contributed by atoms with van der Waals surface area (Å²) >= 11 is 7.10. The number of imidazole rings is 1. The number of pyridine rings is 1. The van der Waals surface area contributed by atoms with Crippen molar-refractivity contribution in [2.75, 3.05) is 0 Å². The van der Waals surface area contributed by atoms with E-state index in [2.05, 4.69) is 52.3 Å². The van der Waals surface area contributed by atoms with Gasteiger partial charge in [-0.15, -0.1) is 0 Å². The molecule has 1 aromatic carbocycles. The first-order valence-corrected chi connectivity index (χ1v) is 7.06. The summed E-state index contributed by atoms with van der Waals surface area (Å²) in [6, 6.07) is 10.1. The fraction of sp³-hybridized carbons (Fsp3) is 0. The molecule has 0 aliphatic rings. The van der Waals surface area contributed by atoms with E-state index in [4.69, 9.17) is 0 Å². The van der Waals surface area contributed by atoms with E-state index in [0.29, 0.717) is 0 Å². The molecule has 88 valence electrons. The first kappa shape index (κ1) is 10.6. The second-order valence-corrected chi connectivity index (χ2v) is 5.94. The Kier molecular flexibility index (Phi) is 2.11. The molecule has 0 bridgehead atoms. The highest BCUT2D eigenvalue weighted by molar-refractivity contribution is 9.11. The van der Waals surface area contributed by atoms with Gasteiger partial charge in [-0.2, -0.15) is 0 Å². The van der Waals surface area contributed by atoms with Crippen LogP contribution >= 0.6 is 31.9 Å². The van der Waals surface area contributed by atoms with Gasteiger partial charge in [0.1, 0.15) is 16.8 Å². The first-order chi connectivity index (χ1) is 8.74. The van der Waals surface area contributed by atoms with Crippen LogP contribution < -0.4 is 0 Å². The highest BCUT2D eigenvalue weighted by atomic mass is 79.9. The summed E-state index contributed by atoms with van der Waals surface area (Å²) in [5.41, 5.74) is 4.06. The summed E-state index contributed by atoms with van der Waals surface area (Å²) in [6.45, 7) is 0. The monoisotopic (exact) mass is 363 g/mol. The minimum atomic E-state index is 0.955. The lowest BCUT2D eigenvalue weighted by atomic mass is 10.2. The van der Waals surface area contributed by atoms with E-state index in [1.54, 1.807) is 0 Å². The summed E-state index contributed by atoms with van der Waals surface area (Å²) in [7, 11) is 0. The second-order valence-electron chi connectivity index (χ2n) is 4.17. The van der Waals surface area contributed by atoms with E-state index in [0.717, 1.165) is 36.7 Å². The van der Waals surface area contributed by atoms with Crippen molar-refractivity contribution in [3.8, 4) is 0 Å². The van der Waals surface area contributed by atoms with Gasteiger partial charge in [0.15, 0.2) is 0 Å². The van der Waals surface area contributed by atoms with Crippen molar-refractivity contribution in [2.45, 2.75) is 0 Å². The Morgan fingerprint density at radius 2 is 2.06 bits per heavy atom. The topological polar surface area (TPSA) is 33.1 Å². The van der Waals surface area contributed by atoms with Crippen LogP contribution in [0.5, 0.6) is 0 Å². The molecular weight excluding hydrogens is 358 g/mol. The van der Waals surface area contributed by atoms with E-state index in [-0.39, 0.29) is 0 Å². The van der Waals surface area contributed by atoms with Gasteiger partial charge in [-0.1, -0.05) is 22.0 Å². The molecule has 0 atom stereocenters. The Morgan fingerprint density at radius 3 is 2.94 bits per heavy atom. The van der Waals surface area contributed by atoms with Crippen molar-refractivity contribution in [1.82, 2.24) is 14.4 Å². The molecule has 18 heavy (non-hydrogen) atoms. The molecule has 0 saturated carbocycles. The molecule has 3 nitrogen and oxygen atoms in total. The van der Waals surface area contributed by atoms with Crippen LogP contribution in [-0.4, -0.2) is 14.4 Å². The third-order valence-corrected chi connectivity index (χ3v) is 4.17. The highest BCUT2D eigenvalue weighted by Gasteiger charge is 2.13. The van der Waals surface area contributed by atoms with Gasteiger partial charge in [0.2, 0.25) is 0 Å². The Morgan fingerprint density at radius 1 is 1.17 bits per heavy atom. The Labute approximate surface area is 119 Å². The third kappa shape index (κ3) is 1.31. The fourth-order valence-corrected chi connectivity index (χ4v) is 3.63. The van der Waals surface area contributed by atoms with E-state index in [1.165, 1.54) is 0 Å². The number of hydrogen-bond donors (Lipinski definition) is 1. The van der Waals surface area contributed by atoms with Crippen molar-refractivity contribution >= 4 is 59.6 Å². The van der Waals surface area contributed by atoms with E-state index in [9.17, 15) is 0 Å². The van der Waals surface area contributed by atoms with Crippen LogP contribution in [-0.2, 0) is 0 Å². The largest absolute Gasteiger partial charge is 0.338 e. The summed E-state index contributed by atoms with van der Waals surface area (Å²) in [6.07, 6.45) is 2.02. The van der Waals surface area contributed by atoms with Crippen molar-refractivity contribution < 1.29 is 0 Å². The second kappa shape index (κ2) is 3.59. The van der Waals surface area contributed by atoms with Gasteiger partial charge in [-0.05, 0) is 40.2 Å². The van der Waals surface area contributed by atoms with E-state index in [1.807, 2.05) is 30.5 Å². The lowest BCUT2D eigenvalue weighted by molar-refractivity contribution is 1.20. The standard InChI is InChI=1S/C13H7Br2N3/c14-7-5-8-11(9(15)6-7)17-13-12(8)16-10-3-1-2-4-18(10)13/h1-6,17H. The number of aromatic nitrogens is 3. The number of halogens is 2. The van der Waals surface area contributed by atoms with Crippen molar-refractivity contribution in [1.29, 1.82) is 0 Å². The van der Waals surface area contributed by atoms with Crippen molar-refractivity contribution in [3.05, 3.63) is 45.5 Å². The number of fused-ring (bicyclic) bond motifs is 5. The molecule has 0 saturated heterocycles. The van der Waals surface area contributed by atoms with Gasteiger partial charge >= 0.3 is 0 Å². The quantitative estimate of drug-likeness (QED) is 0.489. The predicted molar refractivity (Wildman–Crippen MR) is 80.0 cm³/mol. The van der Waals surface area contributed by atoms with Crippen LogP contribution in [0.4, 0.5) is 0 Å². The Hall–Kier alpha value is -1.33. The number of H-pyrrole nitrogens is 1. The van der Waals surface area contributed by atoms with Gasteiger partial charge in [0.05, 0.1) is 5.52 Å². The zero-order valence-electron chi connectivity index (χ0n) is 9.11. The van der Waals surface area contributed by atoms with Gasteiger partial charge in [-0.25, -0.2) is 4.98 Å². The van der Waals surface area contributed by atoms with Gasteiger partial charge < -0.3 is 4.98 Å². The molecule has 1 N–H and O–H groups in total. The molecular formula is C13H7Br2N3. The molecule has 0 radical (unpaired) electrons. The number of nitrogens with one attached hydrogen (secondary N) is 1. The minimum Gasteiger partial charge on any atom is -0.338 e. The van der Waals surface area contributed by atoms with Crippen LogP contribution in [0.15, 0.2) is 45.5 Å². The van der Waals surface area contributed by atoms with Crippen molar-refractivity contribution in [2.24, 2.45) is 0 Å². The number of hydrogen-bond acceptors (Lipinski definition) is 1. The number of nitrogens with zero attached hydrogens (tertiary/aromatic N) is 2. The molecule has 3 aromatic heterocycles. The summed E-state index contributed by atoms with van der Waals surface area (Å²) < 4.78 is 4.14. The lowest BCUT2D eigenvalue weighted by Crippen LogP contribution is -1.83.